The minimum absolute atomic E-state index is 0.00887. The number of rotatable bonds is 4. The van der Waals surface area contributed by atoms with Gasteiger partial charge in [-0.05, 0) is 30.3 Å². The van der Waals surface area contributed by atoms with Crippen molar-refractivity contribution in [3.63, 3.8) is 0 Å². The number of carbonyl (C=O) groups is 2. The molecule has 1 heterocycles. The van der Waals surface area contributed by atoms with Crippen LogP contribution in [0.2, 0.25) is 0 Å². The van der Waals surface area contributed by atoms with E-state index in [-0.39, 0.29) is 10.6 Å². The second-order valence-electron chi connectivity index (χ2n) is 8.15. The zero-order valence-corrected chi connectivity index (χ0v) is 21.1. The summed E-state index contributed by atoms with van der Waals surface area (Å²) in [5.41, 5.74) is 2.72. The van der Waals surface area contributed by atoms with Crippen molar-refractivity contribution >= 4 is 39.1 Å². The fourth-order valence-electron chi connectivity index (χ4n) is 3.62. The average molecular weight is 547 g/mol. The fraction of sp³-hybridized carbons (Fsp3) is 0.0357. The van der Waals surface area contributed by atoms with Crippen molar-refractivity contribution in [2.24, 2.45) is 4.99 Å². The molecule has 11 heteroatoms. The van der Waals surface area contributed by atoms with E-state index in [1.54, 1.807) is 36.4 Å². The first-order valence-corrected chi connectivity index (χ1v) is 13.0. The summed E-state index contributed by atoms with van der Waals surface area (Å²) in [5.74, 6) is -1.07. The molecule has 0 aromatic heterocycles. The van der Waals surface area contributed by atoms with Crippen molar-refractivity contribution in [3.05, 3.63) is 126 Å². The van der Waals surface area contributed by atoms with Gasteiger partial charge < -0.3 is 16.0 Å². The van der Waals surface area contributed by atoms with Crippen molar-refractivity contribution in [3.8, 4) is 0 Å². The number of hydrogen-bond donors (Lipinski definition) is 4. The average Bonchev–Trinajstić information content (AvgIpc) is 3.07. The predicted octanol–water partition coefficient (Wildman–Crippen LogP) is 4.70. The van der Waals surface area contributed by atoms with Crippen LogP contribution in [-0.4, -0.2) is 36.8 Å². The second-order valence-corrected chi connectivity index (χ2v) is 9.57. The number of fused-ring (bicyclic) bond motifs is 1. The molecule has 9 nitrogen and oxygen atoms in total. The number of urea groups is 1. The monoisotopic (exact) mass is 546 g/mol. The molecule has 0 fully saturated rings. The summed E-state index contributed by atoms with van der Waals surface area (Å²) >= 11 is 0. The maximum absolute atomic E-state index is 13.8. The van der Waals surface area contributed by atoms with Gasteiger partial charge in [0.05, 0.1) is 22.0 Å². The molecule has 198 valence electrons. The van der Waals surface area contributed by atoms with Crippen molar-refractivity contribution in [2.75, 3.05) is 10.6 Å². The van der Waals surface area contributed by atoms with Crippen LogP contribution in [0.3, 0.4) is 0 Å². The lowest BCUT2D eigenvalue weighted by molar-refractivity contribution is -0.117. The van der Waals surface area contributed by atoms with Gasteiger partial charge in [-0.3, -0.25) is 9.35 Å². The molecule has 0 radical (unpaired) electrons. The number of benzene rings is 4. The first kappa shape index (κ1) is 27.2. The highest BCUT2D eigenvalue weighted by Crippen LogP contribution is 2.23. The van der Waals surface area contributed by atoms with E-state index in [9.17, 15) is 22.4 Å². The van der Waals surface area contributed by atoms with Crippen molar-refractivity contribution in [1.29, 1.82) is 0 Å². The van der Waals surface area contributed by atoms with Gasteiger partial charge in [-0.25, -0.2) is 14.2 Å². The van der Waals surface area contributed by atoms with Crippen LogP contribution >= 0.6 is 0 Å². The van der Waals surface area contributed by atoms with E-state index in [0.717, 1.165) is 11.1 Å². The molecule has 0 aliphatic carbocycles. The van der Waals surface area contributed by atoms with Gasteiger partial charge in [-0.2, -0.15) is 8.42 Å². The molecule has 0 saturated heterocycles. The summed E-state index contributed by atoms with van der Waals surface area (Å²) in [7, 11) is -4.00. The molecule has 1 aliphatic rings. The van der Waals surface area contributed by atoms with E-state index >= 15 is 0 Å². The number of carbonyl (C=O) groups excluding carboxylic acids is 2. The number of nitrogens with one attached hydrogen (secondary N) is 3. The van der Waals surface area contributed by atoms with Crippen LogP contribution in [0.5, 0.6) is 0 Å². The maximum atomic E-state index is 13.8. The van der Waals surface area contributed by atoms with Gasteiger partial charge in [0.15, 0.2) is 0 Å². The van der Waals surface area contributed by atoms with Gasteiger partial charge in [-0.15, -0.1) is 0 Å². The van der Waals surface area contributed by atoms with Crippen LogP contribution in [0.15, 0.2) is 119 Å². The Labute approximate surface area is 224 Å². The Morgan fingerprint density at radius 3 is 2.08 bits per heavy atom. The van der Waals surface area contributed by atoms with Crippen LogP contribution in [-0.2, 0) is 14.9 Å². The van der Waals surface area contributed by atoms with Gasteiger partial charge in [0.2, 0.25) is 6.17 Å². The summed E-state index contributed by atoms with van der Waals surface area (Å²) in [4.78, 5) is 29.5. The number of aliphatic imine (C=N–C) groups is 1. The van der Waals surface area contributed by atoms with Crippen LogP contribution in [0.4, 0.5) is 20.6 Å². The third kappa shape index (κ3) is 7.12. The predicted molar refractivity (Wildman–Crippen MR) is 146 cm³/mol. The lowest BCUT2D eigenvalue weighted by atomic mass is 10.0. The Morgan fingerprint density at radius 1 is 0.846 bits per heavy atom. The number of halogens is 1. The van der Waals surface area contributed by atoms with Gasteiger partial charge in [0.1, 0.15) is 5.82 Å². The number of hydrogen-bond acceptors (Lipinski definition) is 5. The number of anilines is 2. The SMILES string of the molecule is O=C(Nc1ccccc1F)N[C@H]1N=C(c2ccccc2)c2ccccc2NC1=O.O=S(=O)(O)c1ccccc1. The standard InChI is InChI=1S/C22H17FN4O2.C6H6O3S/c23-16-11-5-7-13-18(16)25-22(29)27-20-21(28)24-17-12-6-4-10-15(17)19(26-20)14-8-2-1-3-9-14;7-10(8,9)6-4-2-1-3-5-6/h1-13,20H,(H,24,28)(H2,25,27,29);1-5H,(H,7,8,9)/t20-;/m1./s1. The number of amides is 3. The summed E-state index contributed by atoms with van der Waals surface area (Å²) in [6.45, 7) is 0. The molecule has 1 aliphatic heterocycles. The zero-order chi connectivity index (χ0) is 27.8. The zero-order valence-electron chi connectivity index (χ0n) is 20.3. The Bertz CT molecular complexity index is 1610. The molecule has 0 bridgehead atoms. The van der Waals surface area contributed by atoms with Crippen LogP contribution < -0.4 is 16.0 Å². The van der Waals surface area contributed by atoms with Crippen molar-refractivity contribution in [1.82, 2.24) is 5.32 Å². The quantitative estimate of drug-likeness (QED) is 0.275. The lowest BCUT2D eigenvalue weighted by Crippen LogP contribution is -2.44. The normalized spacial score (nSPS) is 14.4. The first-order chi connectivity index (χ1) is 18.7. The highest BCUT2D eigenvalue weighted by Gasteiger charge is 2.27. The van der Waals surface area contributed by atoms with Crippen molar-refractivity contribution in [2.45, 2.75) is 11.1 Å². The van der Waals surface area contributed by atoms with E-state index < -0.39 is 34.0 Å². The Kier molecular flexibility index (Phi) is 8.44. The number of benzodiazepines with no additional fused rings is 1. The Balaban J connectivity index is 0.000000298. The topological polar surface area (TPSA) is 137 Å². The van der Waals surface area contributed by atoms with E-state index in [4.69, 9.17) is 4.55 Å². The molecule has 0 unspecified atom stereocenters. The molecule has 0 saturated carbocycles. The molecule has 1 atom stereocenters. The fourth-order valence-corrected chi connectivity index (χ4v) is 4.12. The third-order valence-corrected chi connectivity index (χ3v) is 6.29. The second kappa shape index (κ2) is 12.1. The van der Waals surface area contributed by atoms with E-state index in [1.807, 2.05) is 42.5 Å². The Morgan fingerprint density at radius 2 is 1.44 bits per heavy atom. The minimum Gasteiger partial charge on any atom is -0.322 e. The molecule has 0 spiro atoms. The molecule has 4 aromatic carbocycles. The summed E-state index contributed by atoms with van der Waals surface area (Å²) in [5, 5.41) is 7.69. The molecular weight excluding hydrogens is 523 g/mol. The molecule has 39 heavy (non-hydrogen) atoms. The van der Waals surface area contributed by atoms with Gasteiger partial charge in [-0.1, -0.05) is 78.9 Å². The van der Waals surface area contributed by atoms with Gasteiger partial charge in [0.25, 0.3) is 16.0 Å². The van der Waals surface area contributed by atoms with Gasteiger partial charge in [0, 0.05) is 11.1 Å². The minimum atomic E-state index is -4.00. The Hall–Kier alpha value is -4.87. The van der Waals surface area contributed by atoms with Crippen LogP contribution in [0.25, 0.3) is 0 Å². The number of para-hydroxylation sites is 2. The van der Waals surface area contributed by atoms with Crippen LogP contribution in [0, 0.1) is 5.82 Å². The highest BCUT2D eigenvalue weighted by atomic mass is 32.2. The van der Waals surface area contributed by atoms with E-state index in [0.29, 0.717) is 11.4 Å². The third-order valence-electron chi connectivity index (χ3n) is 5.42. The van der Waals surface area contributed by atoms with Crippen molar-refractivity contribution < 1.29 is 27.0 Å². The van der Waals surface area contributed by atoms with Gasteiger partial charge >= 0.3 is 6.03 Å². The summed E-state index contributed by atoms with van der Waals surface area (Å²) in [6, 6.07) is 29.1. The summed E-state index contributed by atoms with van der Waals surface area (Å²) < 4.78 is 43.0. The first-order valence-electron chi connectivity index (χ1n) is 11.6. The highest BCUT2D eigenvalue weighted by molar-refractivity contribution is 7.85. The molecule has 3 amide bonds. The van der Waals surface area contributed by atoms with Crippen LogP contribution in [0.1, 0.15) is 11.1 Å². The molecule has 4 N–H and O–H groups in total. The smallest absolute Gasteiger partial charge is 0.321 e. The largest absolute Gasteiger partial charge is 0.322 e. The molecular formula is C28H23FN4O5S. The number of nitrogens with zero attached hydrogens (tertiary/aromatic N) is 1. The molecule has 4 aromatic rings. The summed E-state index contributed by atoms with van der Waals surface area (Å²) in [6.07, 6.45) is -1.19. The van der Waals surface area contributed by atoms with E-state index in [2.05, 4.69) is 20.9 Å². The maximum Gasteiger partial charge on any atom is 0.321 e. The lowest BCUT2D eigenvalue weighted by Gasteiger charge is -2.14. The van der Waals surface area contributed by atoms with E-state index in [1.165, 1.54) is 30.3 Å². The molecule has 5 rings (SSSR count).